The predicted octanol–water partition coefficient (Wildman–Crippen LogP) is 3.52. The molecule has 1 rings (SSSR count). The summed E-state index contributed by atoms with van der Waals surface area (Å²) in [7, 11) is 4.03. The molecule has 0 bridgehead atoms. The fourth-order valence-electron chi connectivity index (χ4n) is 2.82. The van der Waals surface area contributed by atoms with Crippen molar-refractivity contribution in [3.63, 3.8) is 0 Å². The van der Waals surface area contributed by atoms with Gasteiger partial charge in [0.1, 0.15) is 5.60 Å². The number of carbonyl (C=O) groups excluding carboxylic acids is 1. The second-order valence-electron chi connectivity index (χ2n) is 6.03. The third-order valence-corrected chi connectivity index (χ3v) is 3.68. The van der Waals surface area contributed by atoms with Crippen molar-refractivity contribution in [3.8, 4) is 0 Å². The first-order valence-electron chi connectivity index (χ1n) is 7.83. The Labute approximate surface area is 135 Å². The van der Waals surface area contributed by atoms with Crippen molar-refractivity contribution in [1.29, 1.82) is 0 Å². The SMILES string of the molecule is CCCCCONC(=O)OC1(CN(C)C)CCCCC1.Cl. The van der Waals surface area contributed by atoms with Gasteiger partial charge in [-0.25, -0.2) is 4.79 Å². The fourth-order valence-corrected chi connectivity index (χ4v) is 2.82. The second kappa shape index (κ2) is 11.1. The van der Waals surface area contributed by atoms with Crippen LogP contribution in [0.2, 0.25) is 0 Å². The minimum atomic E-state index is -0.453. The number of hydrogen-bond acceptors (Lipinski definition) is 4. The van der Waals surface area contributed by atoms with Crippen LogP contribution in [0.25, 0.3) is 0 Å². The van der Waals surface area contributed by atoms with E-state index in [9.17, 15) is 4.79 Å². The van der Waals surface area contributed by atoms with Gasteiger partial charge in [0.05, 0.1) is 6.61 Å². The van der Waals surface area contributed by atoms with E-state index in [1.165, 1.54) is 6.42 Å². The van der Waals surface area contributed by atoms with Gasteiger partial charge in [-0.15, -0.1) is 12.4 Å². The molecule has 0 radical (unpaired) electrons. The summed E-state index contributed by atoms with van der Waals surface area (Å²) in [5.41, 5.74) is 2.06. The molecule has 1 fully saturated rings. The summed E-state index contributed by atoms with van der Waals surface area (Å²) in [6.07, 6.45) is 8.11. The summed E-state index contributed by atoms with van der Waals surface area (Å²) >= 11 is 0. The zero-order valence-corrected chi connectivity index (χ0v) is 14.5. The van der Waals surface area contributed by atoms with E-state index in [2.05, 4.69) is 17.3 Å². The molecule has 0 aromatic heterocycles. The van der Waals surface area contributed by atoms with Gasteiger partial charge < -0.3 is 9.64 Å². The number of carbonyl (C=O) groups is 1. The Balaban J connectivity index is 0.00000400. The molecular weight excluding hydrogens is 292 g/mol. The van der Waals surface area contributed by atoms with E-state index in [1.807, 2.05) is 14.1 Å². The van der Waals surface area contributed by atoms with Crippen molar-refractivity contribution in [2.75, 3.05) is 27.2 Å². The minimum Gasteiger partial charge on any atom is -0.440 e. The molecule has 0 heterocycles. The standard InChI is InChI=1S/C15H30N2O3.ClH/c1-4-5-9-12-19-16-14(18)20-15(13-17(2)3)10-7-6-8-11-15;/h4-13H2,1-3H3,(H,16,18);1H. The molecule has 0 saturated heterocycles. The molecular formula is C15H31ClN2O3. The summed E-state index contributed by atoms with van der Waals surface area (Å²) in [4.78, 5) is 19.1. The first-order chi connectivity index (χ1) is 9.58. The number of unbranched alkanes of at least 4 members (excludes halogenated alkanes) is 2. The van der Waals surface area contributed by atoms with Gasteiger partial charge in [0.2, 0.25) is 0 Å². The van der Waals surface area contributed by atoms with Gasteiger partial charge >= 0.3 is 6.09 Å². The molecule has 1 aliphatic carbocycles. The van der Waals surface area contributed by atoms with Crippen molar-refractivity contribution in [1.82, 2.24) is 10.4 Å². The maximum atomic E-state index is 11.9. The molecule has 1 amide bonds. The molecule has 126 valence electrons. The highest BCUT2D eigenvalue weighted by Crippen LogP contribution is 2.32. The Morgan fingerprint density at radius 2 is 1.86 bits per heavy atom. The lowest BCUT2D eigenvalue weighted by molar-refractivity contribution is -0.0574. The maximum absolute atomic E-state index is 11.9. The van der Waals surface area contributed by atoms with E-state index < -0.39 is 6.09 Å². The lowest BCUT2D eigenvalue weighted by atomic mass is 9.84. The highest BCUT2D eigenvalue weighted by Gasteiger charge is 2.36. The van der Waals surface area contributed by atoms with E-state index in [4.69, 9.17) is 9.57 Å². The van der Waals surface area contributed by atoms with Gasteiger partial charge in [0, 0.05) is 6.54 Å². The Bertz CT molecular complexity index is 282. The Kier molecular flexibility index (Phi) is 10.8. The molecule has 0 aromatic carbocycles. The van der Waals surface area contributed by atoms with Crippen LogP contribution in [-0.2, 0) is 9.57 Å². The Morgan fingerprint density at radius 1 is 1.19 bits per heavy atom. The average molecular weight is 323 g/mol. The number of rotatable bonds is 8. The predicted molar refractivity (Wildman–Crippen MR) is 86.7 cm³/mol. The molecule has 0 atom stereocenters. The van der Waals surface area contributed by atoms with Gasteiger partial charge in [0.15, 0.2) is 0 Å². The van der Waals surface area contributed by atoms with Crippen LogP contribution >= 0.6 is 12.4 Å². The summed E-state index contributed by atoms with van der Waals surface area (Å²) in [5.74, 6) is 0. The van der Waals surface area contributed by atoms with E-state index in [-0.39, 0.29) is 18.0 Å². The Hall–Kier alpha value is -0.520. The number of nitrogens with zero attached hydrogens (tertiary/aromatic N) is 1. The van der Waals surface area contributed by atoms with E-state index in [0.717, 1.165) is 51.5 Å². The number of hydrogen-bond donors (Lipinski definition) is 1. The third kappa shape index (κ3) is 8.49. The molecule has 1 saturated carbocycles. The molecule has 6 heteroatoms. The number of ether oxygens (including phenoxy) is 1. The molecule has 1 aliphatic rings. The van der Waals surface area contributed by atoms with Crippen LogP contribution in [0.1, 0.15) is 58.3 Å². The smallest absolute Gasteiger partial charge is 0.431 e. The van der Waals surface area contributed by atoms with Crippen molar-refractivity contribution in [2.24, 2.45) is 0 Å². The van der Waals surface area contributed by atoms with Crippen molar-refractivity contribution >= 4 is 18.5 Å². The molecule has 0 aromatic rings. The second-order valence-corrected chi connectivity index (χ2v) is 6.03. The highest BCUT2D eigenvalue weighted by molar-refractivity contribution is 5.85. The first kappa shape index (κ1) is 20.5. The van der Waals surface area contributed by atoms with Crippen molar-refractivity contribution < 1.29 is 14.4 Å². The summed E-state index contributed by atoms with van der Waals surface area (Å²) in [6.45, 7) is 3.45. The zero-order chi connectivity index (χ0) is 14.8. The highest BCUT2D eigenvalue weighted by atomic mass is 35.5. The normalized spacial score (nSPS) is 17.1. The number of hydroxylamine groups is 1. The van der Waals surface area contributed by atoms with Gasteiger partial charge in [-0.1, -0.05) is 26.2 Å². The lowest BCUT2D eigenvalue weighted by Gasteiger charge is -2.38. The van der Waals surface area contributed by atoms with Crippen molar-refractivity contribution in [2.45, 2.75) is 63.9 Å². The number of likely N-dealkylation sites (N-methyl/N-ethyl adjacent to an activating group) is 1. The van der Waals surface area contributed by atoms with Crippen LogP contribution < -0.4 is 5.48 Å². The third-order valence-electron chi connectivity index (χ3n) is 3.68. The van der Waals surface area contributed by atoms with Crippen LogP contribution in [-0.4, -0.2) is 43.8 Å². The molecule has 0 aliphatic heterocycles. The minimum absolute atomic E-state index is 0. The zero-order valence-electron chi connectivity index (χ0n) is 13.7. The Morgan fingerprint density at radius 3 is 2.43 bits per heavy atom. The largest absolute Gasteiger partial charge is 0.440 e. The molecule has 0 spiro atoms. The lowest BCUT2D eigenvalue weighted by Crippen LogP contribution is -2.47. The molecule has 21 heavy (non-hydrogen) atoms. The monoisotopic (exact) mass is 322 g/mol. The fraction of sp³-hybridized carbons (Fsp3) is 0.933. The van der Waals surface area contributed by atoms with Crippen LogP contribution in [0, 0.1) is 0 Å². The summed E-state index contributed by atoms with van der Waals surface area (Å²) < 4.78 is 5.68. The average Bonchev–Trinajstić information content (AvgIpc) is 2.38. The number of nitrogens with one attached hydrogen (secondary N) is 1. The first-order valence-corrected chi connectivity index (χ1v) is 7.83. The van der Waals surface area contributed by atoms with Gasteiger partial charge in [-0.05, 0) is 46.2 Å². The van der Waals surface area contributed by atoms with E-state index in [1.54, 1.807) is 0 Å². The molecule has 1 N–H and O–H groups in total. The summed E-state index contributed by atoms with van der Waals surface area (Å²) in [5, 5.41) is 0. The van der Waals surface area contributed by atoms with Crippen LogP contribution in [0.5, 0.6) is 0 Å². The van der Waals surface area contributed by atoms with Crippen LogP contribution in [0.4, 0.5) is 4.79 Å². The maximum Gasteiger partial charge on any atom is 0.431 e. The van der Waals surface area contributed by atoms with Gasteiger partial charge in [-0.2, -0.15) is 5.48 Å². The summed E-state index contributed by atoms with van der Waals surface area (Å²) in [6, 6.07) is 0. The topological polar surface area (TPSA) is 50.8 Å². The number of amides is 1. The van der Waals surface area contributed by atoms with Crippen LogP contribution in [0.15, 0.2) is 0 Å². The van der Waals surface area contributed by atoms with E-state index >= 15 is 0 Å². The molecule has 5 nitrogen and oxygen atoms in total. The quantitative estimate of drug-likeness (QED) is 0.548. The van der Waals surface area contributed by atoms with Gasteiger partial charge in [-0.3, -0.25) is 4.84 Å². The van der Waals surface area contributed by atoms with Crippen molar-refractivity contribution in [3.05, 3.63) is 0 Å². The van der Waals surface area contributed by atoms with Crippen LogP contribution in [0.3, 0.4) is 0 Å². The van der Waals surface area contributed by atoms with Gasteiger partial charge in [0.25, 0.3) is 0 Å². The molecule has 0 unspecified atom stereocenters. The van der Waals surface area contributed by atoms with E-state index in [0.29, 0.717) is 6.61 Å². The number of halogens is 1.